The molecule has 1 aromatic heterocycles. The van der Waals surface area contributed by atoms with Gasteiger partial charge in [0.25, 0.3) is 5.91 Å². The van der Waals surface area contributed by atoms with Crippen LogP contribution in [0.2, 0.25) is 0 Å². The van der Waals surface area contributed by atoms with Crippen molar-refractivity contribution in [3.63, 3.8) is 0 Å². The first-order valence-corrected chi connectivity index (χ1v) is 9.82. The van der Waals surface area contributed by atoms with Crippen molar-refractivity contribution in [1.29, 1.82) is 0 Å². The largest absolute Gasteiger partial charge is 0.344 e. The normalized spacial score (nSPS) is 12.5. The van der Waals surface area contributed by atoms with Gasteiger partial charge in [-0.1, -0.05) is 30.3 Å². The predicted octanol–water partition coefficient (Wildman–Crippen LogP) is 2.16. The van der Waals surface area contributed by atoms with Crippen LogP contribution in [0, 0.1) is 0 Å². The monoisotopic (exact) mass is 370 g/mol. The zero-order valence-corrected chi connectivity index (χ0v) is 15.1. The topological polar surface area (TPSA) is 93.9 Å². The molecule has 0 aliphatic rings. The first-order chi connectivity index (χ1) is 12.3. The van der Waals surface area contributed by atoms with E-state index in [0.29, 0.717) is 0 Å². The summed E-state index contributed by atoms with van der Waals surface area (Å²) >= 11 is 0. The lowest BCUT2D eigenvalue weighted by Gasteiger charge is -2.13. The Balaban J connectivity index is 1.71. The molecule has 1 heterocycles. The van der Waals surface area contributed by atoms with Crippen LogP contribution in [0.3, 0.4) is 0 Å². The second kappa shape index (κ2) is 7.09. The number of hydrogen-bond acceptors (Lipinski definition) is 5. The van der Waals surface area contributed by atoms with Crippen LogP contribution in [0.25, 0.3) is 5.69 Å². The van der Waals surface area contributed by atoms with Gasteiger partial charge in [0, 0.05) is 6.26 Å². The SMILES string of the molecule is CC(NC(=O)c1cnn(-c2ccccc2)n1)c1ccc(S(C)(=O)=O)cc1. The number of carbonyl (C=O) groups is 1. The van der Waals surface area contributed by atoms with E-state index in [0.717, 1.165) is 17.5 Å². The van der Waals surface area contributed by atoms with Gasteiger partial charge in [-0.3, -0.25) is 4.79 Å². The maximum Gasteiger partial charge on any atom is 0.273 e. The molecule has 3 rings (SSSR count). The van der Waals surface area contributed by atoms with Crippen LogP contribution in [0.15, 0.2) is 65.7 Å². The fourth-order valence-corrected chi connectivity index (χ4v) is 3.04. The Labute approximate surface area is 151 Å². The quantitative estimate of drug-likeness (QED) is 0.743. The van der Waals surface area contributed by atoms with E-state index < -0.39 is 9.84 Å². The summed E-state index contributed by atoms with van der Waals surface area (Å²) < 4.78 is 23.0. The molecule has 0 saturated heterocycles. The van der Waals surface area contributed by atoms with Crippen LogP contribution in [-0.2, 0) is 9.84 Å². The van der Waals surface area contributed by atoms with Crippen LogP contribution in [0.1, 0.15) is 29.0 Å². The molecule has 134 valence electrons. The molecule has 0 radical (unpaired) electrons. The second-order valence-corrected chi connectivity index (χ2v) is 7.91. The minimum absolute atomic E-state index is 0.202. The molecule has 0 saturated carbocycles. The summed E-state index contributed by atoms with van der Waals surface area (Å²) in [6.45, 7) is 1.81. The molecule has 8 heteroatoms. The van der Waals surface area contributed by atoms with Crippen LogP contribution in [0.4, 0.5) is 0 Å². The molecule has 7 nitrogen and oxygen atoms in total. The van der Waals surface area contributed by atoms with Gasteiger partial charge in [0.05, 0.1) is 22.8 Å². The number of hydrogen-bond donors (Lipinski definition) is 1. The molecule has 1 amide bonds. The number of amides is 1. The number of para-hydroxylation sites is 1. The lowest BCUT2D eigenvalue weighted by Crippen LogP contribution is -2.27. The highest BCUT2D eigenvalue weighted by atomic mass is 32.2. The molecule has 0 aliphatic carbocycles. The zero-order chi connectivity index (χ0) is 18.7. The van der Waals surface area contributed by atoms with E-state index >= 15 is 0 Å². The molecular weight excluding hydrogens is 352 g/mol. The van der Waals surface area contributed by atoms with Crippen molar-refractivity contribution in [1.82, 2.24) is 20.3 Å². The molecule has 0 fully saturated rings. The number of aromatic nitrogens is 3. The standard InChI is InChI=1S/C18H18N4O3S/c1-13(14-8-10-16(11-9-14)26(2,24)25)20-18(23)17-12-19-22(21-17)15-6-4-3-5-7-15/h3-13H,1-2H3,(H,20,23). The zero-order valence-electron chi connectivity index (χ0n) is 14.3. The average Bonchev–Trinajstić information content (AvgIpc) is 3.12. The van der Waals surface area contributed by atoms with E-state index in [-0.39, 0.29) is 22.5 Å². The van der Waals surface area contributed by atoms with Gasteiger partial charge in [-0.05, 0) is 36.8 Å². The summed E-state index contributed by atoms with van der Waals surface area (Å²) in [5, 5.41) is 11.1. The first-order valence-electron chi connectivity index (χ1n) is 7.93. The average molecular weight is 370 g/mol. The van der Waals surface area contributed by atoms with E-state index in [4.69, 9.17) is 0 Å². The van der Waals surface area contributed by atoms with Crippen LogP contribution in [-0.4, -0.2) is 35.6 Å². The van der Waals surface area contributed by atoms with Crippen LogP contribution in [0.5, 0.6) is 0 Å². The van der Waals surface area contributed by atoms with Crippen molar-refractivity contribution < 1.29 is 13.2 Å². The third kappa shape index (κ3) is 3.97. The minimum atomic E-state index is -3.24. The van der Waals surface area contributed by atoms with Gasteiger partial charge in [0.1, 0.15) is 0 Å². The van der Waals surface area contributed by atoms with E-state index in [1.807, 2.05) is 37.3 Å². The van der Waals surface area contributed by atoms with Gasteiger partial charge in [-0.25, -0.2) is 8.42 Å². The molecule has 26 heavy (non-hydrogen) atoms. The van der Waals surface area contributed by atoms with Crippen molar-refractivity contribution in [2.45, 2.75) is 17.9 Å². The van der Waals surface area contributed by atoms with Crippen molar-refractivity contribution in [2.75, 3.05) is 6.26 Å². The molecular formula is C18H18N4O3S. The Morgan fingerprint density at radius 1 is 1.08 bits per heavy atom. The van der Waals surface area contributed by atoms with Gasteiger partial charge >= 0.3 is 0 Å². The smallest absolute Gasteiger partial charge is 0.273 e. The third-order valence-electron chi connectivity index (χ3n) is 3.87. The Bertz CT molecular complexity index is 1010. The van der Waals surface area contributed by atoms with Gasteiger partial charge in [-0.15, -0.1) is 5.10 Å². The highest BCUT2D eigenvalue weighted by Crippen LogP contribution is 2.16. The summed E-state index contributed by atoms with van der Waals surface area (Å²) in [4.78, 5) is 14.0. The summed E-state index contributed by atoms with van der Waals surface area (Å²) in [6.07, 6.45) is 2.56. The highest BCUT2D eigenvalue weighted by molar-refractivity contribution is 7.90. The van der Waals surface area contributed by atoms with Gasteiger partial charge in [-0.2, -0.15) is 9.90 Å². The van der Waals surface area contributed by atoms with Crippen LogP contribution < -0.4 is 5.32 Å². The summed E-state index contributed by atoms with van der Waals surface area (Å²) in [5.74, 6) is -0.355. The van der Waals surface area contributed by atoms with Gasteiger partial charge in [0.15, 0.2) is 15.5 Å². The molecule has 1 unspecified atom stereocenters. The van der Waals surface area contributed by atoms with Crippen molar-refractivity contribution in [3.8, 4) is 5.69 Å². The summed E-state index contributed by atoms with van der Waals surface area (Å²) in [6, 6.07) is 15.4. The van der Waals surface area contributed by atoms with Gasteiger partial charge in [0.2, 0.25) is 0 Å². The van der Waals surface area contributed by atoms with E-state index in [9.17, 15) is 13.2 Å². The minimum Gasteiger partial charge on any atom is -0.344 e. The Morgan fingerprint density at radius 3 is 2.35 bits per heavy atom. The number of nitrogens with zero attached hydrogens (tertiary/aromatic N) is 3. The van der Waals surface area contributed by atoms with E-state index in [1.165, 1.54) is 23.1 Å². The summed E-state index contributed by atoms with van der Waals surface area (Å²) in [5.41, 5.74) is 1.76. The molecule has 0 bridgehead atoms. The predicted molar refractivity (Wildman–Crippen MR) is 96.8 cm³/mol. The molecule has 3 aromatic rings. The Kier molecular flexibility index (Phi) is 4.85. The van der Waals surface area contributed by atoms with Crippen molar-refractivity contribution in [3.05, 3.63) is 72.1 Å². The number of carbonyl (C=O) groups excluding carboxylic acids is 1. The molecule has 2 aromatic carbocycles. The fourth-order valence-electron chi connectivity index (χ4n) is 2.41. The third-order valence-corrected chi connectivity index (χ3v) is 5.00. The number of benzene rings is 2. The molecule has 1 N–H and O–H groups in total. The number of sulfone groups is 1. The van der Waals surface area contributed by atoms with E-state index in [1.54, 1.807) is 12.1 Å². The molecule has 0 aliphatic heterocycles. The Hall–Kier alpha value is -3.00. The van der Waals surface area contributed by atoms with Crippen molar-refractivity contribution >= 4 is 15.7 Å². The number of rotatable bonds is 5. The molecule has 1 atom stereocenters. The number of nitrogens with one attached hydrogen (secondary N) is 1. The van der Waals surface area contributed by atoms with Crippen LogP contribution >= 0.6 is 0 Å². The Morgan fingerprint density at radius 2 is 1.73 bits per heavy atom. The first kappa shape index (κ1) is 17.8. The van der Waals surface area contributed by atoms with Gasteiger partial charge < -0.3 is 5.32 Å². The maximum atomic E-state index is 12.4. The maximum absolute atomic E-state index is 12.4. The van der Waals surface area contributed by atoms with Crippen molar-refractivity contribution in [2.24, 2.45) is 0 Å². The van der Waals surface area contributed by atoms with E-state index in [2.05, 4.69) is 15.5 Å². The second-order valence-electron chi connectivity index (χ2n) is 5.89. The lowest BCUT2D eigenvalue weighted by molar-refractivity contribution is 0.0934. The fraction of sp³-hybridized carbons (Fsp3) is 0.167. The highest BCUT2D eigenvalue weighted by Gasteiger charge is 2.16. The summed E-state index contributed by atoms with van der Waals surface area (Å²) in [7, 11) is -3.24. The lowest BCUT2D eigenvalue weighted by atomic mass is 10.1. The molecule has 0 spiro atoms.